The fraction of sp³-hybridized carbons (Fsp3) is 0.833. The Bertz CT molecular complexity index is 672. The van der Waals surface area contributed by atoms with Crippen LogP contribution in [-0.4, -0.2) is 17.0 Å². The molecule has 0 amide bonds. The van der Waals surface area contributed by atoms with E-state index in [2.05, 4.69) is 32.5 Å². The van der Waals surface area contributed by atoms with Gasteiger partial charge in [0.05, 0.1) is 18.6 Å². The van der Waals surface area contributed by atoms with Crippen LogP contribution in [0.1, 0.15) is 76.7 Å². The summed E-state index contributed by atoms with van der Waals surface area (Å²) < 4.78 is 5.45. The van der Waals surface area contributed by atoms with Crippen molar-refractivity contribution in [1.29, 1.82) is 0 Å². The van der Waals surface area contributed by atoms with Crippen LogP contribution >= 0.6 is 12.6 Å². The number of fused-ring (bicyclic) bond motifs is 5. The molecular formula is C24H36O2S. The number of rotatable bonds is 2. The van der Waals surface area contributed by atoms with Crippen LogP contribution in [0.2, 0.25) is 0 Å². The fourth-order valence-electron chi connectivity index (χ4n) is 8.63. The highest BCUT2D eigenvalue weighted by Crippen LogP contribution is 2.69. The summed E-state index contributed by atoms with van der Waals surface area (Å²) in [5.41, 5.74) is 2.31. The first kappa shape index (κ1) is 18.6. The zero-order chi connectivity index (χ0) is 18.8. The van der Waals surface area contributed by atoms with Gasteiger partial charge in [0.1, 0.15) is 0 Å². The molecular weight excluding hydrogens is 352 g/mol. The third kappa shape index (κ3) is 2.63. The lowest BCUT2D eigenvalue weighted by Gasteiger charge is -2.62. The summed E-state index contributed by atoms with van der Waals surface area (Å²) in [5.74, 6) is 5.25. The van der Waals surface area contributed by atoms with Gasteiger partial charge in [-0.25, -0.2) is 0 Å². The number of hydrogen-bond acceptors (Lipinski definition) is 3. The van der Waals surface area contributed by atoms with Gasteiger partial charge in [-0.1, -0.05) is 13.8 Å². The molecule has 0 radical (unpaired) electrons. The van der Waals surface area contributed by atoms with Gasteiger partial charge in [0, 0.05) is 0 Å². The molecule has 1 aromatic rings. The summed E-state index contributed by atoms with van der Waals surface area (Å²) in [4.78, 5) is 0. The number of aliphatic hydroxyl groups is 1. The van der Waals surface area contributed by atoms with Crippen molar-refractivity contribution in [3.63, 3.8) is 0 Å². The Morgan fingerprint density at radius 1 is 1.11 bits per heavy atom. The van der Waals surface area contributed by atoms with Crippen LogP contribution in [0.4, 0.5) is 0 Å². The summed E-state index contributed by atoms with van der Waals surface area (Å²) >= 11 is 4.59. The maximum Gasteiger partial charge on any atom is 0.0937 e. The summed E-state index contributed by atoms with van der Waals surface area (Å²) in [7, 11) is 0. The molecule has 150 valence electrons. The van der Waals surface area contributed by atoms with Gasteiger partial charge in [0.25, 0.3) is 0 Å². The molecule has 0 saturated heterocycles. The highest BCUT2D eigenvalue weighted by atomic mass is 32.1. The predicted octanol–water partition coefficient (Wildman–Crippen LogP) is 5.92. The molecule has 4 saturated carbocycles. The van der Waals surface area contributed by atoms with E-state index in [1.165, 1.54) is 50.5 Å². The average Bonchev–Trinajstić information content (AvgIpc) is 3.28. The van der Waals surface area contributed by atoms with Gasteiger partial charge in [0.15, 0.2) is 0 Å². The Kier molecular flexibility index (Phi) is 4.52. The second-order valence-corrected chi connectivity index (χ2v) is 11.2. The minimum Gasteiger partial charge on any atom is -0.472 e. The molecule has 0 bridgehead atoms. The van der Waals surface area contributed by atoms with Crippen molar-refractivity contribution >= 4 is 12.6 Å². The molecule has 2 nitrogen and oxygen atoms in total. The molecule has 9 atom stereocenters. The number of aliphatic hydroxyl groups excluding tert-OH is 1. The lowest BCUT2D eigenvalue weighted by molar-refractivity contribution is -0.136. The van der Waals surface area contributed by atoms with E-state index in [0.717, 1.165) is 35.8 Å². The van der Waals surface area contributed by atoms with Crippen molar-refractivity contribution in [1.82, 2.24) is 0 Å². The first-order valence-electron chi connectivity index (χ1n) is 11.3. The Morgan fingerprint density at radius 2 is 1.93 bits per heavy atom. The summed E-state index contributed by atoms with van der Waals surface area (Å²) in [6.07, 6.45) is 14.1. The first-order chi connectivity index (χ1) is 13.0. The van der Waals surface area contributed by atoms with E-state index in [4.69, 9.17) is 4.42 Å². The van der Waals surface area contributed by atoms with Crippen LogP contribution in [0, 0.1) is 40.4 Å². The van der Waals surface area contributed by atoms with Gasteiger partial charge >= 0.3 is 0 Å². The highest BCUT2D eigenvalue weighted by Gasteiger charge is 2.61. The van der Waals surface area contributed by atoms with Crippen LogP contribution in [0.3, 0.4) is 0 Å². The normalized spacial score (nSPS) is 52.1. The number of hydrogen-bond donors (Lipinski definition) is 2. The zero-order valence-electron chi connectivity index (χ0n) is 16.9. The predicted molar refractivity (Wildman–Crippen MR) is 112 cm³/mol. The summed E-state index contributed by atoms with van der Waals surface area (Å²) in [5, 5.41) is 10.6. The quantitative estimate of drug-likeness (QED) is 0.616. The molecule has 4 unspecified atom stereocenters. The van der Waals surface area contributed by atoms with Gasteiger partial charge in [-0.05, 0) is 115 Å². The molecule has 0 aliphatic heterocycles. The Balaban J connectivity index is 1.43. The molecule has 5 rings (SSSR count). The third-order valence-electron chi connectivity index (χ3n) is 10.0. The average molecular weight is 389 g/mol. The van der Waals surface area contributed by atoms with E-state index >= 15 is 0 Å². The van der Waals surface area contributed by atoms with Gasteiger partial charge in [-0.3, -0.25) is 0 Å². The molecule has 0 aromatic carbocycles. The van der Waals surface area contributed by atoms with Crippen LogP contribution in [0.5, 0.6) is 0 Å². The number of furan rings is 1. The standard InChI is InChI=1S/C24H36O2S/c1-23-9-7-21-18(20(23)6-5-19(23)15-8-10-26-13-15)4-3-17-11-22(25)16(14-27)12-24(17,21)2/h8,10,13,16-22,25,27H,3-7,9,11-12,14H2,1-2H3/t16?,17?,18-,19?,20-,21+,22?,23+,24-/m0/s1. The van der Waals surface area contributed by atoms with Gasteiger partial charge in [-0.2, -0.15) is 12.6 Å². The maximum absolute atomic E-state index is 10.6. The molecule has 3 heteroatoms. The van der Waals surface area contributed by atoms with Crippen molar-refractivity contribution in [2.45, 2.75) is 77.2 Å². The van der Waals surface area contributed by atoms with E-state index in [9.17, 15) is 5.11 Å². The monoisotopic (exact) mass is 388 g/mol. The molecule has 1 aromatic heterocycles. The maximum atomic E-state index is 10.6. The summed E-state index contributed by atoms with van der Waals surface area (Å²) in [6.45, 7) is 5.18. The smallest absolute Gasteiger partial charge is 0.0937 e. The summed E-state index contributed by atoms with van der Waals surface area (Å²) in [6, 6.07) is 2.21. The molecule has 1 N–H and O–H groups in total. The number of thiol groups is 1. The topological polar surface area (TPSA) is 33.4 Å². The van der Waals surface area contributed by atoms with Crippen LogP contribution in [0.25, 0.3) is 0 Å². The minimum absolute atomic E-state index is 0.122. The first-order valence-corrected chi connectivity index (χ1v) is 11.9. The SMILES string of the molecule is C[C@]12CC(CS)C(O)CC1CC[C@@H]1[C@H]2CC[C@]2(C)C(c3ccoc3)CC[C@@H]12. The van der Waals surface area contributed by atoms with E-state index in [0.29, 0.717) is 22.7 Å². The van der Waals surface area contributed by atoms with Crippen molar-refractivity contribution < 1.29 is 9.52 Å². The highest BCUT2D eigenvalue weighted by molar-refractivity contribution is 7.80. The lowest BCUT2D eigenvalue weighted by Crippen LogP contribution is -2.55. The van der Waals surface area contributed by atoms with Crippen molar-refractivity contribution in [2.24, 2.45) is 40.4 Å². The minimum atomic E-state index is -0.122. The van der Waals surface area contributed by atoms with E-state index in [1.54, 1.807) is 0 Å². The molecule has 4 fully saturated rings. The lowest BCUT2D eigenvalue weighted by atomic mass is 9.44. The fourth-order valence-corrected chi connectivity index (χ4v) is 9.00. The Morgan fingerprint density at radius 3 is 2.67 bits per heavy atom. The second kappa shape index (κ2) is 6.55. The van der Waals surface area contributed by atoms with E-state index in [1.807, 2.05) is 12.5 Å². The van der Waals surface area contributed by atoms with Crippen LogP contribution in [0.15, 0.2) is 23.0 Å². The Hall–Kier alpha value is -0.410. The van der Waals surface area contributed by atoms with Crippen molar-refractivity contribution in [3.05, 3.63) is 24.2 Å². The van der Waals surface area contributed by atoms with Crippen molar-refractivity contribution in [3.8, 4) is 0 Å². The molecule has 1 heterocycles. The van der Waals surface area contributed by atoms with Gasteiger partial charge in [0.2, 0.25) is 0 Å². The van der Waals surface area contributed by atoms with Gasteiger partial charge in [-0.15, -0.1) is 0 Å². The zero-order valence-corrected chi connectivity index (χ0v) is 17.8. The van der Waals surface area contributed by atoms with Crippen LogP contribution in [-0.2, 0) is 0 Å². The second-order valence-electron chi connectivity index (χ2n) is 10.8. The third-order valence-corrected chi connectivity index (χ3v) is 10.5. The molecule has 0 spiro atoms. The van der Waals surface area contributed by atoms with Crippen molar-refractivity contribution in [2.75, 3.05) is 5.75 Å². The molecule has 27 heavy (non-hydrogen) atoms. The largest absolute Gasteiger partial charge is 0.472 e. The van der Waals surface area contributed by atoms with E-state index < -0.39 is 0 Å². The van der Waals surface area contributed by atoms with E-state index in [-0.39, 0.29) is 6.10 Å². The molecule has 4 aliphatic rings. The van der Waals surface area contributed by atoms with Gasteiger partial charge < -0.3 is 9.52 Å². The molecule has 4 aliphatic carbocycles. The Labute approximate surface area is 169 Å². The van der Waals surface area contributed by atoms with Crippen LogP contribution < -0.4 is 0 Å².